The number of benzene rings is 2. The predicted molar refractivity (Wildman–Crippen MR) is 87.1 cm³/mol. The highest BCUT2D eigenvalue weighted by Gasteiger charge is 2.11. The zero-order chi connectivity index (χ0) is 15.4. The number of Topliss-reactive ketones (excluding diaryl/α,β-unsaturated/α-hetero) is 1. The Kier molecular flexibility index (Phi) is 4.05. The van der Waals surface area contributed by atoms with E-state index in [1.165, 1.54) is 0 Å². The molecule has 0 spiro atoms. The Morgan fingerprint density at radius 2 is 1.68 bits per heavy atom. The first-order chi connectivity index (χ1) is 10.8. The molecule has 0 saturated carbocycles. The van der Waals surface area contributed by atoms with Crippen molar-refractivity contribution in [1.82, 2.24) is 4.57 Å². The molecule has 3 nitrogen and oxygen atoms in total. The second-order valence-corrected chi connectivity index (χ2v) is 5.08. The molecule has 0 radical (unpaired) electrons. The molecule has 0 aliphatic heterocycles. The van der Waals surface area contributed by atoms with E-state index in [1.807, 2.05) is 73.9 Å². The molecule has 0 saturated heterocycles. The van der Waals surface area contributed by atoms with Gasteiger partial charge in [-0.25, -0.2) is 0 Å². The Balaban J connectivity index is 1.79. The molecular formula is C19H17NO2. The SMILES string of the molecule is Cn1cccc1C(=O)COc1ccccc1-c1ccccc1. The van der Waals surface area contributed by atoms with E-state index >= 15 is 0 Å². The van der Waals surface area contributed by atoms with Crippen LogP contribution in [-0.2, 0) is 7.05 Å². The molecule has 1 heterocycles. The molecular weight excluding hydrogens is 274 g/mol. The quantitative estimate of drug-likeness (QED) is 0.666. The lowest BCUT2D eigenvalue weighted by molar-refractivity contribution is 0.0914. The fraction of sp³-hybridized carbons (Fsp3) is 0.105. The fourth-order valence-corrected chi connectivity index (χ4v) is 2.42. The molecule has 0 bridgehead atoms. The fourth-order valence-electron chi connectivity index (χ4n) is 2.42. The van der Waals surface area contributed by atoms with Crippen LogP contribution in [0.2, 0.25) is 0 Å². The van der Waals surface area contributed by atoms with Gasteiger partial charge in [-0.3, -0.25) is 4.79 Å². The van der Waals surface area contributed by atoms with Crippen molar-refractivity contribution in [2.24, 2.45) is 7.05 Å². The van der Waals surface area contributed by atoms with Crippen LogP contribution in [0.15, 0.2) is 72.9 Å². The van der Waals surface area contributed by atoms with Crippen LogP contribution in [0.5, 0.6) is 5.75 Å². The van der Waals surface area contributed by atoms with Crippen molar-refractivity contribution in [3.8, 4) is 16.9 Å². The van der Waals surface area contributed by atoms with Gasteiger partial charge in [0, 0.05) is 18.8 Å². The van der Waals surface area contributed by atoms with Crippen LogP contribution in [0.3, 0.4) is 0 Å². The lowest BCUT2D eigenvalue weighted by Gasteiger charge is -2.11. The molecule has 110 valence electrons. The van der Waals surface area contributed by atoms with E-state index in [4.69, 9.17) is 4.74 Å². The number of hydrogen-bond acceptors (Lipinski definition) is 2. The van der Waals surface area contributed by atoms with Crippen molar-refractivity contribution in [1.29, 1.82) is 0 Å². The van der Waals surface area contributed by atoms with E-state index in [-0.39, 0.29) is 12.4 Å². The summed E-state index contributed by atoms with van der Waals surface area (Å²) >= 11 is 0. The van der Waals surface area contributed by atoms with Crippen LogP contribution in [0.1, 0.15) is 10.5 Å². The molecule has 3 heteroatoms. The minimum Gasteiger partial charge on any atom is -0.485 e. The lowest BCUT2D eigenvalue weighted by Crippen LogP contribution is -2.15. The van der Waals surface area contributed by atoms with Crippen molar-refractivity contribution in [2.45, 2.75) is 0 Å². The van der Waals surface area contributed by atoms with Crippen LogP contribution in [0.4, 0.5) is 0 Å². The van der Waals surface area contributed by atoms with Crippen molar-refractivity contribution < 1.29 is 9.53 Å². The van der Waals surface area contributed by atoms with E-state index in [0.29, 0.717) is 5.69 Å². The number of ketones is 1. The number of aromatic nitrogens is 1. The first kappa shape index (κ1) is 14.1. The monoisotopic (exact) mass is 291 g/mol. The summed E-state index contributed by atoms with van der Waals surface area (Å²) in [6, 6.07) is 21.4. The number of carbonyl (C=O) groups excluding carboxylic acids is 1. The maximum absolute atomic E-state index is 12.2. The standard InChI is InChI=1S/C19H17NO2/c1-20-13-7-11-17(20)18(21)14-22-19-12-6-5-10-16(19)15-8-3-2-4-9-15/h2-13H,14H2,1H3. The summed E-state index contributed by atoms with van der Waals surface area (Å²) in [6.45, 7) is 0.0295. The summed E-state index contributed by atoms with van der Waals surface area (Å²) in [5.74, 6) is 0.687. The predicted octanol–water partition coefficient (Wildman–Crippen LogP) is 3.95. The summed E-state index contributed by atoms with van der Waals surface area (Å²) in [5.41, 5.74) is 2.71. The van der Waals surface area contributed by atoms with Crippen molar-refractivity contribution in [3.05, 3.63) is 78.6 Å². The van der Waals surface area contributed by atoms with Crippen molar-refractivity contribution in [3.63, 3.8) is 0 Å². The molecule has 0 amide bonds. The van der Waals surface area contributed by atoms with Gasteiger partial charge in [0.1, 0.15) is 5.75 Å². The van der Waals surface area contributed by atoms with Crippen molar-refractivity contribution >= 4 is 5.78 Å². The van der Waals surface area contributed by atoms with E-state index in [1.54, 1.807) is 10.6 Å². The second-order valence-electron chi connectivity index (χ2n) is 5.08. The second kappa shape index (κ2) is 6.31. The van der Waals surface area contributed by atoms with Gasteiger partial charge < -0.3 is 9.30 Å². The summed E-state index contributed by atoms with van der Waals surface area (Å²) in [4.78, 5) is 12.2. The number of nitrogens with zero attached hydrogens (tertiary/aromatic N) is 1. The molecule has 3 rings (SSSR count). The largest absolute Gasteiger partial charge is 0.485 e. The molecule has 0 atom stereocenters. The highest BCUT2D eigenvalue weighted by Crippen LogP contribution is 2.29. The van der Waals surface area contributed by atoms with Gasteiger partial charge in [0.15, 0.2) is 6.61 Å². The van der Waals surface area contributed by atoms with Crippen LogP contribution >= 0.6 is 0 Å². The molecule has 0 aliphatic rings. The number of carbonyl (C=O) groups is 1. The molecule has 22 heavy (non-hydrogen) atoms. The average molecular weight is 291 g/mol. The Labute approximate surface area is 129 Å². The van der Waals surface area contributed by atoms with Crippen LogP contribution < -0.4 is 4.74 Å². The van der Waals surface area contributed by atoms with Gasteiger partial charge >= 0.3 is 0 Å². The van der Waals surface area contributed by atoms with Crippen LogP contribution in [-0.4, -0.2) is 17.0 Å². The smallest absolute Gasteiger partial charge is 0.216 e. The highest BCUT2D eigenvalue weighted by atomic mass is 16.5. The van der Waals surface area contributed by atoms with Crippen LogP contribution in [0.25, 0.3) is 11.1 Å². The van der Waals surface area contributed by atoms with Gasteiger partial charge in [-0.1, -0.05) is 48.5 Å². The summed E-state index contributed by atoms with van der Waals surface area (Å²) < 4.78 is 7.57. The van der Waals surface area contributed by atoms with E-state index in [9.17, 15) is 4.79 Å². The molecule has 2 aromatic carbocycles. The van der Waals surface area contributed by atoms with Gasteiger partial charge in [-0.15, -0.1) is 0 Å². The van der Waals surface area contributed by atoms with Gasteiger partial charge in [0.25, 0.3) is 0 Å². The van der Waals surface area contributed by atoms with Crippen molar-refractivity contribution in [2.75, 3.05) is 6.61 Å². The third-order valence-corrected chi connectivity index (χ3v) is 3.56. The molecule has 0 unspecified atom stereocenters. The van der Waals surface area contributed by atoms with E-state index < -0.39 is 0 Å². The molecule has 0 fully saturated rings. The van der Waals surface area contributed by atoms with Gasteiger partial charge in [0.05, 0.1) is 5.69 Å². The number of aryl methyl sites for hydroxylation is 1. The maximum atomic E-state index is 12.2. The van der Waals surface area contributed by atoms with Gasteiger partial charge in [-0.05, 0) is 23.8 Å². The first-order valence-electron chi connectivity index (χ1n) is 7.17. The summed E-state index contributed by atoms with van der Waals surface area (Å²) in [6.07, 6.45) is 1.85. The molecule has 0 aliphatic carbocycles. The minimum absolute atomic E-state index is 0.0295. The minimum atomic E-state index is -0.0321. The maximum Gasteiger partial charge on any atom is 0.216 e. The Bertz CT molecular complexity index is 775. The Morgan fingerprint density at radius 1 is 0.955 bits per heavy atom. The Morgan fingerprint density at radius 3 is 2.41 bits per heavy atom. The number of para-hydroxylation sites is 1. The molecule has 0 N–H and O–H groups in total. The lowest BCUT2D eigenvalue weighted by atomic mass is 10.1. The van der Waals surface area contributed by atoms with Gasteiger partial charge in [0.2, 0.25) is 5.78 Å². The third kappa shape index (κ3) is 2.93. The summed E-state index contributed by atoms with van der Waals surface area (Å²) in [5, 5.41) is 0. The highest BCUT2D eigenvalue weighted by molar-refractivity contribution is 5.96. The topological polar surface area (TPSA) is 31.2 Å². The number of ether oxygens (including phenoxy) is 1. The average Bonchev–Trinajstić information content (AvgIpc) is 3.00. The Hall–Kier alpha value is -2.81. The normalized spacial score (nSPS) is 10.4. The van der Waals surface area contributed by atoms with Gasteiger partial charge in [-0.2, -0.15) is 0 Å². The first-order valence-corrected chi connectivity index (χ1v) is 7.17. The molecule has 3 aromatic rings. The number of rotatable bonds is 5. The van der Waals surface area contributed by atoms with E-state index in [0.717, 1.165) is 16.9 Å². The molecule has 1 aromatic heterocycles. The third-order valence-electron chi connectivity index (χ3n) is 3.56. The number of hydrogen-bond donors (Lipinski definition) is 0. The van der Waals surface area contributed by atoms with E-state index in [2.05, 4.69) is 0 Å². The summed E-state index contributed by atoms with van der Waals surface area (Å²) in [7, 11) is 1.85. The zero-order valence-corrected chi connectivity index (χ0v) is 12.4. The van der Waals surface area contributed by atoms with Crippen LogP contribution in [0, 0.1) is 0 Å². The zero-order valence-electron chi connectivity index (χ0n) is 12.4.